The monoisotopic (exact) mass is 364 g/mol. The standard InChI is InChI=1S/C24H32N2O/c1-17(2)19-10-11-22(27-3)21(14-19)20-15-24(26-16-20)12-7-13-25-23(24)18-8-5-4-6-9-18/h4-6,8-11,14,17,20,23,25-26H,7,12-13,15-16H2,1-3H3/t20-,23?,24-/m1/s1. The first kappa shape index (κ1) is 18.5. The zero-order chi connectivity index (χ0) is 18.9. The van der Waals surface area contributed by atoms with Crippen molar-refractivity contribution in [2.75, 3.05) is 20.2 Å². The van der Waals surface area contributed by atoms with E-state index in [0.717, 1.165) is 25.3 Å². The number of methoxy groups -OCH3 is 1. The van der Waals surface area contributed by atoms with Crippen molar-refractivity contribution >= 4 is 0 Å². The van der Waals surface area contributed by atoms with E-state index in [-0.39, 0.29) is 5.54 Å². The summed E-state index contributed by atoms with van der Waals surface area (Å²) < 4.78 is 5.74. The number of piperidine rings is 1. The number of hydrogen-bond acceptors (Lipinski definition) is 3. The molecule has 1 unspecified atom stereocenters. The van der Waals surface area contributed by atoms with Gasteiger partial charge in [0.15, 0.2) is 0 Å². The van der Waals surface area contributed by atoms with Gasteiger partial charge in [-0.15, -0.1) is 0 Å². The highest BCUT2D eigenvalue weighted by Crippen LogP contribution is 2.46. The van der Waals surface area contributed by atoms with Crippen molar-refractivity contribution in [3.05, 3.63) is 65.2 Å². The van der Waals surface area contributed by atoms with E-state index in [1.165, 1.54) is 29.5 Å². The molecular weight excluding hydrogens is 332 g/mol. The molecule has 3 atom stereocenters. The van der Waals surface area contributed by atoms with Crippen molar-refractivity contribution in [1.29, 1.82) is 0 Å². The second-order valence-electron chi connectivity index (χ2n) is 8.50. The van der Waals surface area contributed by atoms with E-state index in [1.54, 1.807) is 7.11 Å². The lowest BCUT2D eigenvalue weighted by molar-refractivity contribution is 0.202. The van der Waals surface area contributed by atoms with Crippen molar-refractivity contribution in [3.8, 4) is 5.75 Å². The molecular formula is C24H32N2O. The molecule has 0 aromatic heterocycles. The van der Waals surface area contributed by atoms with Gasteiger partial charge in [0.25, 0.3) is 0 Å². The van der Waals surface area contributed by atoms with Crippen LogP contribution in [0.15, 0.2) is 48.5 Å². The Bertz CT molecular complexity index is 773. The van der Waals surface area contributed by atoms with Crippen molar-refractivity contribution < 1.29 is 4.74 Å². The van der Waals surface area contributed by atoms with Crippen LogP contribution < -0.4 is 15.4 Å². The zero-order valence-electron chi connectivity index (χ0n) is 16.8. The lowest BCUT2D eigenvalue weighted by Crippen LogP contribution is -2.54. The van der Waals surface area contributed by atoms with Gasteiger partial charge in [-0.05, 0) is 54.5 Å². The molecule has 0 aliphatic carbocycles. The van der Waals surface area contributed by atoms with Crippen LogP contribution in [-0.2, 0) is 0 Å². The van der Waals surface area contributed by atoms with Crippen molar-refractivity contribution in [2.45, 2.75) is 56.5 Å². The Balaban J connectivity index is 1.65. The van der Waals surface area contributed by atoms with Crippen LogP contribution in [0.25, 0.3) is 0 Å². The third-order valence-electron chi connectivity index (χ3n) is 6.51. The molecule has 0 amide bonds. The highest BCUT2D eigenvalue weighted by atomic mass is 16.5. The summed E-state index contributed by atoms with van der Waals surface area (Å²) in [6, 6.07) is 18.1. The van der Waals surface area contributed by atoms with Crippen LogP contribution in [0, 0.1) is 0 Å². The Morgan fingerprint density at radius 2 is 1.93 bits per heavy atom. The summed E-state index contributed by atoms with van der Waals surface area (Å²) in [5.41, 5.74) is 4.29. The maximum atomic E-state index is 5.74. The molecule has 4 rings (SSSR count). The Kier molecular flexibility index (Phi) is 5.25. The van der Waals surface area contributed by atoms with Gasteiger partial charge >= 0.3 is 0 Å². The highest BCUT2D eigenvalue weighted by Gasteiger charge is 2.47. The first-order chi connectivity index (χ1) is 13.1. The molecule has 3 nitrogen and oxygen atoms in total. The quantitative estimate of drug-likeness (QED) is 0.821. The first-order valence-electron chi connectivity index (χ1n) is 10.3. The predicted molar refractivity (Wildman–Crippen MR) is 112 cm³/mol. The molecule has 2 aliphatic heterocycles. The largest absolute Gasteiger partial charge is 0.496 e. The summed E-state index contributed by atoms with van der Waals surface area (Å²) in [4.78, 5) is 0. The summed E-state index contributed by atoms with van der Waals surface area (Å²) >= 11 is 0. The average Bonchev–Trinajstić information content (AvgIpc) is 3.12. The van der Waals surface area contributed by atoms with Crippen molar-refractivity contribution in [2.24, 2.45) is 0 Å². The molecule has 2 aliphatic rings. The second-order valence-corrected chi connectivity index (χ2v) is 8.50. The van der Waals surface area contributed by atoms with E-state index in [1.807, 2.05) is 0 Å². The molecule has 2 fully saturated rings. The average molecular weight is 365 g/mol. The van der Waals surface area contributed by atoms with Gasteiger partial charge in [-0.25, -0.2) is 0 Å². The molecule has 1 spiro atoms. The first-order valence-corrected chi connectivity index (χ1v) is 10.3. The molecule has 27 heavy (non-hydrogen) atoms. The van der Waals surface area contributed by atoms with Crippen LogP contribution in [0.5, 0.6) is 5.75 Å². The van der Waals surface area contributed by atoms with E-state index >= 15 is 0 Å². The van der Waals surface area contributed by atoms with Crippen LogP contribution >= 0.6 is 0 Å². The van der Waals surface area contributed by atoms with Crippen LogP contribution in [0.2, 0.25) is 0 Å². The summed E-state index contributed by atoms with van der Waals surface area (Å²) in [5.74, 6) is 2.06. The molecule has 0 saturated carbocycles. The minimum absolute atomic E-state index is 0.128. The molecule has 2 N–H and O–H groups in total. The van der Waals surface area contributed by atoms with Gasteiger partial charge < -0.3 is 15.4 Å². The predicted octanol–water partition coefficient (Wildman–Crippen LogP) is 4.76. The minimum atomic E-state index is 0.128. The van der Waals surface area contributed by atoms with Crippen LogP contribution in [-0.4, -0.2) is 25.7 Å². The highest BCUT2D eigenvalue weighted by molar-refractivity contribution is 5.42. The number of benzene rings is 2. The van der Waals surface area contributed by atoms with E-state index in [9.17, 15) is 0 Å². The Hall–Kier alpha value is -1.84. The summed E-state index contributed by atoms with van der Waals surface area (Å²) in [7, 11) is 1.79. The third kappa shape index (κ3) is 3.51. The van der Waals surface area contributed by atoms with Crippen molar-refractivity contribution in [1.82, 2.24) is 10.6 Å². The lowest BCUT2D eigenvalue weighted by atomic mass is 9.75. The van der Waals surface area contributed by atoms with Crippen LogP contribution in [0.4, 0.5) is 0 Å². The Morgan fingerprint density at radius 3 is 2.67 bits per heavy atom. The third-order valence-corrected chi connectivity index (χ3v) is 6.51. The van der Waals surface area contributed by atoms with E-state index in [4.69, 9.17) is 4.74 Å². The van der Waals surface area contributed by atoms with Crippen molar-refractivity contribution in [3.63, 3.8) is 0 Å². The second kappa shape index (κ2) is 7.65. The fourth-order valence-electron chi connectivity index (χ4n) is 5.04. The number of ether oxygens (including phenoxy) is 1. The fraction of sp³-hybridized carbons (Fsp3) is 0.500. The summed E-state index contributed by atoms with van der Waals surface area (Å²) in [5, 5.41) is 7.76. The molecule has 2 aromatic rings. The molecule has 2 saturated heterocycles. The zero-order valence-corrected chi connectivity index (χ0v) is 16.8. The summed E-state index contributed by atoms with van der Waals surface area (Å²) in [6.07, 6.45) is 3.60. The van der Waals surface area contributed by atoms with Gasteiger partial charge in [0, 0.05) is 18.0 Å². The van der Waals surface area contributed by atoms with Gasteiger partial charge in [0.2, 0.25) is 0 Å². The molecule has 0 radical (unpaired) electrons. The maximum absolute atomic E-state index is 5.74. The van der Waals surface area contributed by atoms with Crippen LogP contribution in [0.1, 0.15) is 67.7 Å². The normalized spacial score (nSPS) is 28.0. The van der Waals surface area contributed by atoms with Gasteiger partial charge in [0.1, 0.15) is 5.75 Å². The van der Waals surface area contributed by atoms with E-state index in [2.05, 4.69) is 73.0 Å². The molecule has 2 aromatic carbocycles. The molecule has 144 valence electrons. The Labute approximate surface area is 163 Å². The van der Waals surface area contributed by atoms with E-state index in [0.29, 0.717) is 17.9 Å². The van der Waals surface area contributed by atoms with Gasteiger partial charge in [-0.2, -0.15) is 0 Å². The maximum Gasteiger partial charge on any atom is 0.122 e. The molecule has 0 bridgehead atoms. The lowest BCUT2D eigenvalue weighted by Gasteiger charge is -2.43. The SMILES string of the molecule is COc1ccc(C(C)C)cc1[C@H]1CN[C@]2(CCCNC2c2ccccc2)C1. The van der Waals surface area contributed by atoms with Gasteiger partial charge in [0.05, 0.1) is 13.2 Å². The number of rotatable bonds is 4. The van der Waals surface area contributed by atoms with Gasteiger partial charge in [-0.3, -0.25) is 0 Å². The topological polar surface area (TPSA) is 33.3 Å². The van der Waals surface area contributed by atoms with Gasteiger partial charge in [-0.1, -0.05) is 56.3 Å². The molecule has 3 heteroatoms. The minimum Gasteiger partial charge on any atom is -0.496 e. The molecule has 2 heterocycles. The summed E-state index contributed by atoms with van der Waals surface area (Å²) in [6.45, 7) is 6.63. The van der Waals surface area contributed by atoms with Crippen LogP contribution in [0.3, 0.4) is 0 Å². The number of hydrogen-bond donors (Lipinski definition) is 2. The number of nitrogens with one attached hydrogen (secondary N) is 2. The Morgan fingerprint density at radius 1 is 1.11 bits per heavy atom. The fourth-order valence-corrected chi connectivity index (χ4v) is 5.04. The smallest absolute Gasteiger partial charge is 0.122 e. The van der Waals surface area contributed by atoms with E-state index < -0.39 is 0 Å².